The lowest BCUT2D eigenvalue weighted by molar-refractivity contribution is 0.183. The molecule has 1 saturated carbocycles. The van der Waals surface area contributed by atoms with Crippen LogP contribution in [0.1, 0.15) is 25.7 Å². The van der Waals surface area contributed by atoms with E-state index in [4.69, 9.17) is 6.42 Å². The van der Waals surface area contributed by atoms with Crippen LogP contribution in [0.5, 0.6) is 0 Å². The van der Waals surface area contributed by atoms with Gasteiger partial charge in [0.2, 0.25) is 0 Å². The first kappa shape index (κ1) is 11.9. The minimum atomic E-state index is 0.232. The zero-order chi connectivity index (χ0) is 11.4. The van der Waals surface area contributed by atoms with Crippen LogP contribution in [0.2, 0.25) is 0 Å². The highest BCUT2D eigenvalue weighted by Crippen LogP contribution is 2.44. The summed E-state index contributed by atoms with van der Waals surface area (Å²) in [6.07, 6.45) is 10.0. The van der Waals surface area contributed by atoms with Crippen LogP contribution in [-0.2, 0) is 0 Å². The molecular formula is C13H22N2O. The number of nitrogens with zero attached hydrogens (tertiary/aromatic N) is 1. The summed E-state index contributed by atoms with van der Waals surface area (Å²) < 4.78 is 0. The third-order valence-electron chi connectivity index (χ3n) is 3.96. The Labute approximate surface area is 98.2 Å². The molecule has 0 radical (unpaired) electrons. The molecule has 3 nitrogen and oxygen atoms in total. The zero-order valence-electron chi connectivity index (χ0n) is 9.91. The average molecular weight is 222 g/mol. The van der Waals surface area contributed by atoms with Crippen molar-refractivity contribution in [2.45, 2.75) is 31.7 Å². The quantitative estimate of drug-likeness (QED) is 0.663. The van der Waals surface area contributed by atoms with Gasteiger partial charge in [-0.2, -0.15) is 0 Å². The van der Waals surface area contributed by atoms with E-state index < -0.39 is 0 Å². The molecule has 16 heavy (non-hydrogen) atoms. The van der Waals surface area contributed by atoms with E-state index in [9.17, 15) is 5.11 Å². The van der Waals surface area contributed by atoms with Gasteiger partial charge in [0.15, 0.2) is 0 Å². The molecule has 0 aromatic heterocycles. The van der Waals surface area contributed by atoms with Crippen molar-refractivity contribution in [2.24, 2.45) is 5.41 Å². The Hall–Kier alpha value is -0.560. The number of terminal acetylenes is 1. The highest BCUT2D eigenvalue weighted by atomic mass is 16.3. The maximum atomic E-state index is 9.23. The van der Waals surface area contributed by atoms with E-state index in [1.54, 1.807) is 0 Å². The number of nitrogens with one attached hydrogen (secondary N) is 1. The number of hydrogen-bond acceptors (Lipinski definition) is 3. The molecule has 2 rings (SSSR count). The van der Waals surface area contributed by atoms with Gasteiger partial charge in [-0.15, -0.1) is 6.42 Å². The molecule has 0 aromatic carbocycles. The third-order valence-corrected chi connectivity index (χ3v) is 3.96. The van der Waals surface area contributed by atoms with Crippen LogP contribution < -0.4 is 5.32 Å². The third kappa shape index (κ3) is 2.98. The van der Waals surface area contributed by atoms with Gasteiger partial charge in [0.25, 0.3) is 0 Å². The van der Waals surface area contributed by atoms with E-state index in [-0.39, 0.29) is 5.41 Å². The van der Waals surface area contributed by atoms with Gasteiger partial charge in [-0.05, 0) is 25.7 Å². The lowest BCUT2D eigenvalue weighted by Crippen LogP contribution is -2.44. The van der Waals surface area contributed by atoms with E-state index in [2.05, 4.69) is 16.1 Å². The predicted molar refractivity (Wildman–Crippen MR) is 65.1 cm³/mol. The molecule has 0 spiro atoms. The number of aliphatic hydroxyl groups excluding tert-OH is 1. The lowest BCUT2D eigenvalue weighted by Gasteiger charge is -2.32. The smallest absolute Gasteiger partial charge is 0.0598 e. The molecule has 0 unspecified atom stereocenters. The molecule has 0 aromatic rings. The summed E-state index contributed by atoms with van der Waals surface area (Å²) in [6, 6.07) is 0.623. The summed E-state index contributed by atoms with van der Waals surface area (Å²) >= 11 is 0. The Morgan fingerprint density at radius 1 is 1.38 bits per heavy atom. The van der Waals surface area contributed by atoms with Crippen molar-refractivity contribution in [3.63, 3.8) is 0 Å². The summed E-state index contributed by atoms with van der Waals surface area (Å²) in [4.78, 5) is 2.33. The van der Waals surface area contributed by atoms with Crippen molar-refractivity contribution in [1.29, 1.82) is 0 Å². The van der Waals surface area contributed by atoms with Gasteiger partial charge in [0.05, 0.1) is 6.54 Å². The Morgan fingerprint density at radius 3 is 2.56 bits per heavy atom. The standard InChI is InChI=1S/C13H22N2O/c1-2-7-15-8-3-12(4-9-15)14-10-13(11-16)5-6-13/h1,12,14,16H,3-11H2. The summed E-state index contributed by atoms with van der Waals surface area (Å²) in [5.41, 5.74) is 0.232. The molecule has 0 amide bonds. The molecule has 0 atom stereocenters. The molecule has 0 bridgehead atoms. The van der Waals surface area contributed by atoms with Crippen LogP contribution >= 0.6 is 0 Å². The van der Waals surface area contributed by atoms with Gasteiger partial charge < -0.3 is 10.4 Å². The van der Waals surface area contributed by atoms with E-state index in [1.165, 1.54) is 25.7 Å². The Bertz CT molecular complexity index is 260. The largest absolute Gasteiger partial charge is 0.396 e. The Morgan fingerprint density at radius 2 is 2.06 bits per heavy atom. The van der Waals surface area contributed by atoms with Crippen molar-refractivity contribution in [1.82, 2.24) is 10.2 Å². The fourth-order valence-electron chi connectivity index (χ4n) is 2.35. The Kier molecular flexibility index (Phi) is 3.86. The maximum Gasteiger partial charge on any atom is 0.0598 e. The second-order valence-corrected chi connectivity index (χ2v) is 5.29. The molecule has 2 aliphatic rings. The minimum Gasteiger partial charge on any atom is -0.396 e. The number of hydrogen-bond donors (Lipinski definition) is 2. The highest BCUT2D eigenvalue weighted by molar-refractivity contribution is 4.96. The molecule has 1 heterocycles. The number of aliphatic hydroxyl groups is 1. The zero-order valence-corrected chi connectivity index (χ0v) is 9.91. The van der Waals surface area contributed by atoms with Gasteiger partial charge in [0.1, 0.15) is 0 Å². The monoisotopic (exact) mass is 222 g/mol. The van der Waals surface area contributed by atoms with E-state index in [0.29, 0.717) is 12.6 Å². The molecule has 3 heteroatoms. The van der Waals surface area contributed by atoms with E-state index in [1.807, 2.05) is 0 Å². The molecule has 1 saturated heterocycles. The number of likely N-dealkylation sites (tertiary alicyclic amines) is 1. The van der Waals surface area contributed by atoms with Crippen LogP contribution in [0.15, 0.2) is 0 Å². The van der Waals surface area contributed by atoms with Crippen molar-refractivity contribution >= 4 is 0 Å². The fourth-order valence-corrected chi connectivity index (χ4v) is 2.35. The fraction of sp³-hybridized carbons (Fsp3) is 0.846. The first-order valence-corrected chi connectivity index (χ1v) is 6.28. The Balaban J connectivity index is 1.64. The van der Waals surface area contributed by atoms with Crippen molar-refractivity contribution < 1.29 is 5.11 Å². The van der Waals surface area contributed by atoms with Crippen molar-refractivity contribution in [3.8, 4) is 12.3 Å². The SMILES string of the molecule is C#CCN1CCC(NCC2(CO)CC2)CC1. The van der Waals surface area contributed by atoms with Crippen LogP contribution in [0, 0.1) is 17.8 Å². The summed E-state index contributed by atoms with van der Waals surface area (Å²) in [5, 5.41) is 12.8. The molecule has 2 fully saturated rings. The first-order chi connectivity index (χ1) is 7.78. The number of rotatable bonds is 5. The predicted octanol–water partition coefficient (Wildman–Crippen LogP) is 0.446. The number of piperidine rings is 1. The minimum absolute atomic E-state index is 0.232. The maximum absolute atomic E-state index is 9.23. The molecule has 90 valence electrons. The second-order valence-electron chi connectivity index (χ2n) is 5.29. The van der Waals surface area contributed by atoms with Gasteiger partial charge in [-0.3, -0.25) is 4.90 Å². The van der Waals surface area contributed by atoms with Gasteiger partial charge >= 0.3 is 0 Å². The molecule has 2 N–H and O–H groups in total. The lowest BCUT2D eigenvalue weighted by atomic mass is 10.0. The molecular weight excluding hydrogens is 200 g/mol. The van der Waals surface area contributed by atoms with E-state index >= 15 is 0 Å². The van der Waals surface area contributed by atoms with Gasteiger partial charge in [0, 0.05) is 37.7 Å². The molecule has 1 aliphatic heterocycles. The van der Waals surface area contributed by atoms with Crippen molar-refractivity contribution in [3.05, 3.63) is 0 Å². The highest BCUT2D eigenvalue weighted by Gasteiger charge is 2.41. The summed E-state index contributed by atoms with van der Waals surface area (Å²) in [5.74, 6) is 2.70. The first-order valence-electron chi connectivity index (χ1n) is 6.28. The summed E-state index contributed by atoms with van der Waals surface area (Å²) in [6.45, 7) is 4.33. The van der Waals surface area contributed by atoms with Crippen LogP contribution in [0.25, 0.3) is 0 Å². The van der Waals surface area contributed by atoms with E-state index in [0.717, 1.165) is 26.2 Å². The normalized spacial score (nSPS) is 25.2. The van der Waals surface area contributed by atoms with Crippen molar-refractivity contribution in [2.75, 3.05) is 32.8 Å². The van der Waals surface area contributed by atoms with Crippen LogP contribution in [0.3, 0.4) is 0 Å². The summed E-state index contributed by atoms with van der Waals surface area (Å²) in [7, 11) is 0. The van der Waals surface area contributed by atoms with Gasteiger partial charge in [-0.25, -0.2) is 0 Å². The second kappa shape index (κ2) is 5.18. The van der Waals surface area contributed by atoms with Crippen LogP contribution in [-0.4, -0.2) is 48.8 Å². The topological polar surface area (TPSA) is 35.5 Å². The van der Waals surface area contributed by atoms with Crippen LogP contribution in [0.4, 0.5) is 0 Å². The average Bonchev–Trinajstić information content (AvgIpc) is 3.09. The molecule has 1 aliphatic carbocycles. The van der Waals surface area contributed by atoms with Gasteiger partial charge in [-0.1, -0.05) is 5.92 Å².